The molecule has 4 nitrogen and oxygen atoms in total. The molecule has 2 aromatic rings. The van der Waals surface area contributed by atoms with Crippen LogP contribution in [0.1, 0.15) is 5.56 Å². The lowest BCUT2D eigenvalue weighted by Gasteiger charge is -2.18. The summed E-state index contributed by atoms with van der Waals surface area (Å²) in [5.41, 5.74) is 6.10. The summed E-state index contributed by atoms with van der Waals surface area (Å²) in [4.78, 5) is -0.122. The number of sulfonamides is 1. The third kappa shape index (κ3) is 3.42. The highest BCUT2D eigenvalue weighted by atomic mass is 79.9. The van der Waals surface area contributed by atoms with E-state index < -0.39 is 15.8 Å². The molecule has 2 N–H and O–H groups in total. The van der Waals surface area contributed by atoms with Crippen molar-refractivity contribution in [1.82, 2.24) is 4.31 Å². The molecule has 0 aliphatic heterocycles. The molecule has 0 spiro atoms. The average molecular weight is 373 g/mol. The van der Waals surface area contributed by atoms with Crippen LogP contribution in [0.15, 0.2) is 51.8 Å². The highest BCUT2D eigenvalue weighted by molar-refractivity contribution is 9.10. The molecule has 0 atom stereocenters. The van der Waals surface area contributed by atoms with Crippen molar-refractivity contribution in [2.75, 3.05) is 12.8 Å². The first kappa shape index (κ1) is 15.9. The third-order valence-electron chi connectivity index (χ3n) is 3.03. The monoisotopic (exact) mass is 372 g/mol. The van der Waals surface area contributed by atoms with E-state index in [0.717, 1.165) is 20.4 Å². The quantitative estimate of drug-likeness (QED) is 0.839. The van der Waals surface area contributed by atoms with E-state index in [1.54, 1.807) is 0 Å². The zero-order chi connectivity index (χ0) is 15.6. The van der Waals surface area contributed by atoms with Gasteiger partial charge in [0.25, 0.3) is 0 Å². The van der Waals surface area contributed by atoms with Gasteiger partial charge in [-0.05, 0) is 29.8 Å². The van der Waals surface area contributed by atoms with E-state index >= 15 is 0 Å². The molecule has 0 saturated heterocycles. The molecule has 0 aliphatic carbocycles. The molecule has 2 aromatic carbocycles. The van der Waals surface area contributed by atoms with Crippen molar-refractivity contribution in [3.8, 4) is 0 Å². The zero-order valence-electron chi connectivity index (χ0n) is 11.3. The van der Waals surface area contributed by atoms with E-state index in [1.807, 2.05) is 24.3 Å². The molecule has 0 aliphatic rings. The van der Waals surface area contributed by atoms with Crippen molar-refractivity contribution in [2.45, 2.75) is 11.4 Å². The van der Waals surface area contributed by atoms with Crippen molar-refractivity contribution >= 4 is 31.6 Å². The molecular weight excluding hydrogens is 359 g/mol. The summed E-state index contributed by atoms with van der Waals surface area (Å²) >= 11 is 3.37. The first-order valence-electron chi connectivity index (χ1n) is 6.07. The number of nitrogen functional groups attached to an aromatic ring is 1. The Hall–Kier alpha value is -1.44. The molecule has 0 bridgehead atoms. The minimum atomic E-state index is -3.78. The molecule has 0 fully saturated rings. The van der Waals surface area contributed by atoms with Crippen LogP contribution in [0.25, 0.3) is 0 Å². The number of hydrogen-bond donors (Lipinski definition) is 1. The Balaban J connectivity index is 2.30. The zero-order valence-corrected chi connectivity index (χ0v) is 13.7. The van der Waals surface area contributed by atoms with Crippen molar-refractivity contribution in [1.29, 1.82) is 0 Å². The van der Waals surface area contributed by atoms with Crippen molar-refractivity contribution in [3.63, 3.8) is 0 Å². The first-order chi connectivity index (χ1) is 9.82. The number of rotatable bonds is 4. The van der Waals surface area contributed by atoms with Crippen LogP contribution in [-0.4, -0.2) is 19.8 Å². The van der Waals surface area contributed by atoms with Gasteiger partial charge in [-0.3, -0.25) is 0 Å². The van der Waals surface area contributed by atoms with E-state index in [4.69, 9.17) is 5.73 Å². The molecule has 0 aromatic heterocycles. The predicted molar refractivity (Wildman–Crippen MR) is 83.6 cm³/mol. The summed E-state index contributed by atoms with van der Waals surface area (Å²) in [6.07, 6.45) is 0. The molecule has 0 saturated carbocycles. The Kier molecular flexibility index (Phi) is 4.65. The van der Waals surface area contributed by atoms with Gasteiger partial charge in [0.15, 0.2) is 0 Å². The Bertz CT molecular complexity index is 765. The van der Waals surface area contributed by atoms with E-state index in [2.05, 4.69) is 15.9 Å². The fourth-order valence-corrected chi connectivity index (χ4v) is 3.37. The second-order valence-corrected chi connectivity index (χ2v) is 7.44. The van der Waals surface area contributed by atoms with Gasteiger partial charge in [-0.1, -0.05) is 34.1 Å². The molecule has 0 heterocycles. The summed E-state index contributed by atoms with van der Waals surface area (Å²) < 4.78 is 40.3. The summed E-state index contributed by atoms with van der Waals surface area (Å²) in [6, 6.07) is 10.8. The third-order valence-corrected chi connectivity index (χ3v) is 5.60. The minimum absolute atomic E-state index is 0.0811. The standard InChI is InChI=1S/C14H14BrFN2O2S/c1-18(9-10-4-2-3-5-12(10)15)21(19,20)11-6-7-14(17)13(16)8-11/h2-8H,9,17H2,1H3. The van der Waals surface area contributed by atoms with E-state index in [1.165, 1.54) is 19.2 Å². The van der Waals surface area contributed by atoms with Crippen LogP contribution < -0.4 is 5.73 Å². The number of halogens is 2. The van der Waals surface area contributed by atoms with Crippen LogP contribution >= 0.6 is 15.9 Å². The molecule has 0 radical (unpaired) electrons. The van der Waals surface area contributed by atoms with Gasteiger partial charge < -0.3 is 5.73 Å². The van der Waals surface area contributed by atoms with Gasteiger partial charge >= 0.3 is 0 Å². The van der Waals surface area contributed by atoms with E-state index in [-0.39, 0.29) is 17.1 Å². The number of hydrogen-bond acceptors (Lipinski definition) is 3. The lowest BCUT2D eigenvalue weighted by molar-refractivity contribution is 0.465. The van der Waals surface area contributed by atoms with Crippen LogP contribution in [0, 0.1) is 5.82 Å². The van der Waals surface area contributed by atoms with Crippen LogP contribution in [0.3, 0.4) is 0 Å². The van der Waals surface area contributed by atoms with Crippen molar-refractivity contribution < 1.29 is 12.8 Å². The largest absolute Gasteiger partial charge is 0.396 e. The van der Waals surface area contributed by atoms with Crippen LogP contribution in [0.4, 0.5) is 10.1 Å². The minimum Gasteiger partial charge on any atom is -0.396 e. The van der Waals surface area contributed by atoms with Gasteiger partial charge in [-0.15, -0.1) is 0 Å². The number of nitrogens with zero attached hydrogens (tertiary/aromatic N) is 1. The lowest BCUT2D eigenvalue weighted by atomic mass is 10.2. The van der Waals surface area contributed by atoms with Crippen molar-refractivity contribution in [3.05, 3.63) is 58.3 Å². The molecular formula is C14H14BrFN2O2S. The van der Waals surface area contributed by atoms with Gasteiger partial charge in [-0.2, -0.15) is 4.31 Å². The molecule has 2 rings (SSSR count). The smallest absolute Gasteiger partial charge is 0.243 e. The van der Waals surface area contributed by atoms with Crippen molar-refractivity contribution in [2.24, 2.45) is 0 Å². The van der Waals surface area contributed by atoms with Gasteiger partial charge in [0.1, 0.15) is 5.82 Å². The number of benzene rings is 2. The summed E-state index contributed by atoms with van der Waals surface area (Å²) in [7, 11) is -2.33. The Morgan fingerprint density at radius 2 is 1.90 bits per heavy atom. The van der Waals surface area contributed by atoms with Crippen LogP contribution in [0.5, 0.6) is 0 Å². The van der Waals surface area contributed by atoms with Gasteiger partial charge in [0.2, 0.25) is 10.0 Å². The van der Waals surface area contributed by atoms with E-state index in [0.29, 0.717) is 0 Å². The van der Waals surface area contributed by atoms with E-state index in [9.17, 15) is 12.8 Å². The summed E-state index contributed by atoms with van der Waals surface area (Å²) in [5.74, 6) is -0.745. The number of nitrogens with two attached hydrogens (primary N) is 1. The fourth-order valence-electron chi connectivity index (χ4n) is 1.80. The predicted octanol–water partition coefficient (Wildman–Crippen LogP) is 2.99. The Morgan fingerprint density at radius 3 is 2.52 bits per heavy atom. The average Bonchev–Trinajstić information content (AvgIpc) is 2.44. The summed E-state index contributed by atoms with van der Waals surface area (Å²) in [6.45, 7) is 0.176. The summed E-state index contributed by atoms with van der Waals surface area (Å²) in [5, 5.41) is 0. The molecule has 112 valence electrons. The second kappa shape index (κ2) is 6.13. The van der Waals surface area contributed by atoms with Gasteiger partial charge in [0, 0.05) is 18.1 Å². The Morgan fingerprint density at radius 1 is 1.24 bits per heavy atom. The molecule has 0 unspecified atom stereocenters. The maximum Gasteiger partial charge on any atom is 0.243 e. The highest BCUT2D eigenvalue weighted by Crippen LogP contribution is 2.23. The maximum atomic E-state index is 13.4. The lowest BCUT2D eigenvalue weighted by Crippen LogP contribution is -2.26. The normalized spacial score (nSPS) is 11.8. The van der Waals surface area contributed by atoms with Gasteiger partial charge in [0.05, 0.1) is 10.6 Å². The van der Waals surface area contributed by atoms with Crippen LogP contribution in [0.2, 0.25) is 0 Å². The Labute approximate surface area is 131 Å². The second-order valence-electron chi connectivity index (χ2n) is 4.54. The molecule has 21 heavy (non-hydrogen) atoms. The highest BCUT2D eigenvalue weighted by Gasteiger charge is 2.22. The molecule has 0 amide bonds. The van der Waals surface area contributed by atoms with Crippen LogP contribution in [-0.2, 0) is 16.6 Å². The fraction of sp³-hybridized carbons (Fsp3) is 0.143. The SMILES string of the molecule is CN(Cc1ccccc1Br)S(=O)(=O)c1ccc(N)c(F)c1. The topological polar surface area (TPSA) is 63.4 Å². The first-order valence-corrected chi connectivity index (χ1v) is 8.30. The maximum absolute atomic E-state index is 13.4. The number of anilines is 1. The van der Waals surface area contributed by atoms with Gasteiger partial charge in [-0.25, -0.2) is 12.8 Å². The molecule has 7 heteroatoms.